The van der Waals surface area contributed by atoms with Gasteiger partial charge < -0.3 is 21.1 Å². The van der Waals surface area contributed by atoms with Gasteiger partial charge in [0.05, 0.1) is 17.1 Å². The molecule has 5 aromatic rings. The predicted molar refractivity (Wildman–Crippen MR) is 153 cm³/mol. The first-order valence-electron chi connectivity index (χ1n) is 12.8. The summed E-state index contributed by atoms with van der Waals surface area (Å²) in [4.78, 5) is 34.5. The van der Waals surface area contributed by atoms with Crippen LogP contribution in [0.1, 0.15) is 40.1 Å². The number of carbonyl (C=O) groups is 2. The molecule has 0 bridgehead atoms. The molecule has 0 aliphatic rings. The molecule has 0 aliphatic heterocycles. The Hall–Kier alpha value is -5.23. The van der Waals surface area contributed by atoms with Crippen molar-refractivity contribution in [2.24, 2.45) is 0 Å². The van der Waals surface area contributed by atoms with Crippen LogP contribution in [-0.2, 0) is 6.18 Å². The average molecular weight is 575 g/mol. The third kappa shape index (κ3) is 6.08. The van der Waals surface area contributed by atoms with Gasteiger partial charge in [0, 0.05) is 28.8 Å². The molecule has 3 aromatic carbocycles. The Labute approximate surface area is 238 Å². The standard InChI is InChI=1S/C30H25F3N6O3/c1-17-9-10-23(37-28(41)20-6-3-7-21(13-20)30(31,32)33)15-25(17)38-29(42)39-12-11-24-26(34-16-35-27(24)39)36-22-8-4-5-19(14-22)18(2)40/h3-16,18,40H,1-2H3,(H,37,41)(H,38,42)(H,34,35,36). The number of aryl methyl sites for hydroxylation is 1. The molecule has 0 fully saturated rings. The molecule has 12 heteroatoms. The third-order valence-electron chi connectivity index (χ3n) is 6.52. The van der Waals surface area contributed by atoms with Crippen molar-refractivity contribution < 1.29 is 27.9 Å². The second-order valence-electron chi connectivity index (χ2n) is 9.56. The van der Waals surface area contributed by atoms with Crippen LogP contribution >= 0.6 is 0 Å². The van der Waals surface area contributed by atoms with E-state index in [1.54, 1.807) is 56.4 Å². The smallest absolute Gasteiger partial charge is 0.389 e. The molecule has 0 spiro atoms. The number of hydrogen-bond acceptors (Lipinski definition) is 6. The van der Waals surface area contributed by atoms with Gasteiger partial charge in [-0.25, -0.2) is 14.8 Å². The minimum Gasteiger partial charge on any atom is -0.389 e. The second kappa shape index (κ2) is 11.3. The molecule has 1 atom stereocenters. The maximum atomic E-state index is 13.3. The molecule has 5 rings (SSSR count). The van der Waals surface area contributed by atoms with Gasteiger partial charge in [-0.15, -0.1) is 0 Å². The number of hydrogen-bond donors (Lipinski definition) is 4. The minimum absolute atomic E-state index is 0.156. The number of nitrogens with zero attached hydrogens (tertiary/aromatic N) is 3. The number of alkyl halides is 3. The molecule has 0 saturated heterocycles. The van der Waals surface area contributed by atoms with Crippen molar-refractivity contribution in [3.63, 3.8) is 0 Å². The zero-order valence-electron chi connectivity index (χ0n) is 22.4. The van der Waals surface area contributed by atoms with E-state index in [2.05, 4.69) is 25.9 Å². The van der Waals surface area contributed by atoms with Crippen LogP contribution < -0.4 is 16.0 Å². The molecule has 2 amide bonds. The number of rotatable bonds is 6. The van der Waals surface area contributed by atoms with Crippen molar-refractivity contribution in [1.82, 2.24) is 14.5 Å². The van der Waals surface area contributed by atoms with Gasteiger partial charge in [0.2, 0.25) is 0 Å². The second-order valence-corrected chi connectivity index (χ2v) is 9.56. The number of aliphatic hydroxyl groups is 1. The van der Waals surface area contributed by atoms with E-state index < -0.39 is 29.8 Å². The number of fused-ring (bicyclic) bond motifs is 1. The van der Waals surface area contributed by atoms with Gasteiger partial charge in [-0.2, -0.15) is 13.2 Å². The zero-order chi connectivity index (χ0) is 30.0. The molecule has 2 aromatic heterocycles. The summed E-state index contributed by atoms with van der Waals surface area (Å²) in [6, 6.07) is 17.3. The lowest BCUT2D eigenvalue weighted by atomic mass is 10.1. The van der Waals surface area contributed by atoms with Gasteiger partial charge in [-0.3, -0.25) is 9.36 Å². The first kappa shape index (κ1) is 28.3. The molecular formula is C30H25F3N6O3. The molecule has 9 nitrogen and oxygen atoms in total. The van der Waals surface area contributed by atoms with E-state index in [-0.39, 0.29) is 11.3 Å². The largest absolute Gasteiger partial charge is 0.416 e. The highest BCUT2D eigenvalue weighted by atomic mass is 19.4. The van der Waals surface area contributed by atoms with Gasteiger partial charge in [-0.05, 0) is 73.5 Å². The monoisotopic (exact) mass is 574 g/mol. The molecule has 0 aliphatic carbocycles. The number of aliphatic hydroxyl groups excluding tert-OH is 1. The Kier molecular flexibility index (Phi) is 7.64. The first-order chi connectivity index (χ1) is 20.0. The van der Waals surface area contributed by atoms with Crippen LogP contribution in [0.2, 0.25) is 0 Å². The Morgan fingerprint density at radius 3 is 2.48 bits per heavy atom. The topological polar surface area (TPSA) is 121 Å². The van der Waals surface area contributed by atoms with Gasteiger partial charge in [0.1, 0.15) is 12.1 Å². The lowest BCUT2D eigenvalue weighted by Crippen LogP contribution is -2.20. The zero-order valence-corrected chi connectivity index (χ0v) is 22.4. The fourth-order valence-corrected chi connectivity index (χ4v) is 4.28. The van der Waals surface area contributed by atoms with E-state index in [0.29, 0.717) is 33.8 Å². The number of carbonyl (C=O) groups excluding carboxylic acids is 2. The van der Waals surface area contributed by atoms with Crippen LogP contribution in [-0.4, -0.2) is 31.6 Å². The van der Waals surface area contributed by atoms with Crippen molar-refractivity contribution >= 4 is 45.9 Å². The summed E-state index contributed by atoms with van der Waals surface area (Å²) in [6.45, 7) is 3.43. The summed E-state index contributed by atoms with van der Waals surface area (Å²) >= 11 is 0. The van der Waals surface area contributed by atoms with E-state index >= 15 is 0 Å². The van der Waals surface area contributed by atoms with Crippen molar-refractivity contribution in [3.05, 3.63) is 108 Å². The summed E-state index contributed by atoms with van der Waals surface area (Å²) in [7, 11) is 0. The normalized spacial score (nSPS) is 12.1. The third-order valence-corrected chi connectivity index (χ3v) is 6.52. The maximum Gasteiger partial charge on any atom is 0.416 e. The van der Waals surface area contributed by atoms with Crippen molar-refractivity contribution in [2.75, 3.05) is 16.0 Å². The van der Waals surface area contributed by atoms with Crippen molar-refractivity contribution in [3.8, 4) is 0 Å². The summed E-state index contributed by atoms with van der Waals surface area (Å²) in [6.07, 6.45) is -2.35. The number of nitrogens with one attached hydrogen (secondary N) is 3. The van der Waals surface area contributed by atoms with E-state index in [4.69, 9.17) is 0 Å². The summed E-state index contributed by atoms with van der Waals surface area (Å²) in [5, 5.41) is 19.0. The van der Waals surface area contributed by atoms with Crippen LogP contribution in [0.4, 0.5) is 40.8 Å². The van der Waals surface area contributed by atoms with Gasteiger partial charge in [-0.1, -0.05) is 24.3 Å². The van der Waals surface area contributed by atoms with E-state index in [1.807, 2.05) is 6.07 Å². The quantitative estimate of drug-likeness (QED) is 0.175. The SMILES string of the molecule is Cc1ccc(NC(=O)c2cccc(C(F)(F)F)c2)cc1NC(=O)n1ccc2c(Nc3cccc(C(C)O)c3)ncnc21. The molecule has 2 heterocycles. The summed E-state index contributed by atoms with van der Waals surface area (Å²) in [5.74, 6) is -0.265. The summed E-state index contributed by atoms with van der Waals surface area (Å²) < 4.78 is 40.5. The number of amides is 2. The van der Waals surface area contributed by atoms with Crippen molar-refractivity contribution in [2.45, 2.75) is 26.1 Å². The Morgan fingerprint density at radius 2 is 1.71 bits per heavy atom. The number of benzene rings is 3. The number of halogens is 3. The van der Waals surface area contributed by atoms with Crippen LogP contribution in [0.3, 0.4) is 0 Å². The van der Waals surface area contributed by atoms with E-state index in [1.165, 1.54) is 23.0 Å². The van der Waals surface area contributed by atoms with Crippen LogP contribution in [0.25, 0.3) is 11.0 Å². The number of aromatic nitrogens is 3. The highest BCUT2D eigenvalue weighted by Crippen LogP contribution is 2.30. The van der Waals surface area contributed by atoms with E-state index in [0.717, 1.165) is 23.8 Å². The predicted octanol–water partition coefficient (Wildman–Crippen LogP) is 6.89. The van der Waals surface area contributed by atoms with Gasteiger partial charge in [0.15, 0.2) is 5.65 Å². The lowest BCUT2D eigenvalue weighted by molar-refractivity contribution is -0.137. The summed E-state index contributed by atoms with van der Waals surface area (Å²) in [5.41, 5.74) is 2.03. The maximum absolute atomic E-state index is 13.3. The fourth-order valence-electron chi connectivity index (χ4n) is 4.28. The van der Waals surface area contributed by atoms with Gasteiger partial charge >= 0.3 is 12.2 Å². The molecule has 1 unspecified atom stereocenters. The first-order valence-corrected chi connectivity index (χ1v) is 12.8. The lowest BCUT2D eigenvalue weighted by Gasteiger charge is -2.13. The Bertz CT molecular complexity index is 1800. The van der Waals surface area contributed by atoms with Crippen molar-refractivity contribution in [1.29, 1.82) is 0 Å². The van der Waals surface area contributed by atoms with Crippen LogP contribution in [0, 0.1) is 6.92 Å². The van der Waals surface area contributed by atoms with Crippen LogP contribution in [0.5, 0.6) is 0 Å². The van der Waals surface area contributed by atoms with Gasteiger partial charge in [0.25, 0.3) is 5.91 Å². The average Bonchev–Trinajstić information content (AvgIpc) is 3.40. The minimum atomic E-state index is -4.58. The molecular weight excluding hydrogens is 549 g/mol. The molecule has 42 heavy (non-hydrogen) atoms. The molecule has 214 valence electrons. The molecule has 4 N–H and O–H groups in total. The fraction of sp³-hybridized carbons (Fsp3) is 0.133. The van der Waals surface area contributed by atoms with E-state index in [9.17, 15) is 27.9 Å². The highest BCUT2D eigenvalue weighted by molar-refractivity contribution is 6.05. The van der Waals surface area contributed by atoms with Crippen LogP contribution in [0.15, 0.2) is 85.3 Å². The number of anilines is 4. The Morgan fingerprint density at radius 1 is 0.929 bits per heavy atom. The highest BCUT2D eigenvalue weighted by Gasteiger charge is 2.31. The molecule has 0 saturated carbocycles. The Balaban J connectivity index is 1.35. The molecule has 0 radical (unpaired) electrons.